The van der Waals surface area contributed by atoms with Gasteiger partial charge in [-0.15, -0.1) is 3.89 Å². The van der Waals surface area contributed by atoms with Gasteiger partial charge in [-0.1, -0.05) is 11.6 Å². The minimum absolute atomic E-state index is 0.0851. The van der Waals surface area contributed by atoms with Gasteiger partial charge in [-0.25, -0.2) is 4.79 Å². The molecule has 0 N–H and O–H groups in total. The minimum Gasteiger partial charge on any atom is -0.465 e. The lowest BCUT2D eigenvalue weighted by Crippen LogP contribution is -2.03. The first-order valence-electron chi connectivity index (χ1n) is 3.69. The van der Waals surface area contributed by atoms with Gasteiger partial charge in [-0.05, 0) is 18.2 Å². The summed E-state index contributed by atoms with van der Waals surface area (Å²) in [4.78, 5) is 10.3. The van der Waals surface area contributed by atoms with Crippen LogP contribution >= 0.6 is 11.6 Å². The van der Waals surface area contributed by atoms with E-state index in [1.807, 2.05) is 0 Å². The van der Waals surface area contributed by atoms with Crippen molar-refractivity contribution in [1.82, 2.24) is 0 Å². The van der Waals surface area contributed by atoms with Crippen molar-refractivity contribution in [3.05, 3.63) is 28.8 Å². The molecule has 1 rings (SSSR count). The van der Waals surface area contributed by atoms with Crippen molar-refractivity contribution in [1.29, 1.82) is 0 Å². The van der Waals surface area contributed by atoms with E-state index in [4.69, 9.17) is 11.6 Å². The Morgan fingerprint density at radius 1 is 1.47 bits per heavy atom. The molecule has 0 unspecified atom stereocenters. The van der Waals surface area contributed by atoms with Gasteiger partial charge in [0.25, 0.3) is 0 Å². The number of benzene rings is 1. The van der Waals surface area contributed by atoms with E-state index in [9.17, 15) is 17.1 Å². The maximum atomic E-state index is 12.7. The molecule has 0 aliphatic carbocycles. The zero-order valence-corrected chi connectivity index (χ0v) is 9.10. The highest BCUT2D eigenvalue weighted by Crippen LogP contribution is 2.24. The average Bonchev–Trinajstić information content (AvgIpc) is 2.15. The number of ether oxygens (including phenoxy) is 1. The Bertz CT molecular complexity index is 497. The van der Waals surface area contributed by atoms with Crippen LogP contribution in [0.1, 0.15) is 10.4 Å². The van der Waals surface area contributed by atoms with Crippen molar-refractivity contribution < 1.29 is 21.8 Å². The van der Waals surface area contributed by atoms with Gasteiger partial charge >= 0.3 is 16.2 Å². The molecule has 7 heteroatoms. The first-order chi connectivity index (χ1) is 6.86. The van der Waals surface area contributed by atoms with Crippen LogP contribution in [0.2, 0.25) is 5.02 Å². The molecule has 0 saturated heterocycles. The van der Waals surface area contributed by atoms with E-state index >= 15 is 0 Å². The summed E-state index contributed by atoms with van der Waals surface area (Å²) in [6, 6.07) is 3.17. The highest BCUT2D eigenvalue weighted by Gasteiger charge is 2.19. The van der Waals surface area contributed by atoms with Gasteiger partial charge in [-0.2, -0.15) is 8.42 Å². The molecule has 82 valence electrons. The van der Waals surface area contributed by atoms with Crippen LogP contribution in [0.5, 0.6) is 0 Å². The third-order valence-corrected chi connectivity index (χ3v) is 2.92. The van der Waals surface area contributed by atoms with E-state index in [2.05, 4.69) is 4.74 Å². The molecule has 4 nitrogen and oxygen atoms in total. The molecule has 1 aromatic carbocycles. The van der Waals surface area contributed by atoms with Gasteiger partial charge in [0.15, 0.2) is 0 Å². The van der Waals surface area contributed by atoms with Crippen LogP contribution < -0.4 is 0 Å². The number of carbonyl (C=O) groups is 1. The molecular weight excluding hydrogens is 247 g/mol. The van der Waals surface area contributed by atoms with Crippen molar-refractivity contribution in [2.45, 2.75) is 4.90 Å². The van der Waals surface area contributed by atoms with Crippen molar-refractivity contribution in [2.75, 3.05) is 7.11 Å². The zero-order valence-electron chi connectivity index (χ0n) is 7.53. The molecule has 0 radical (unpaired) electrons. The molecule has 0 aliphatic rings. The second-order valence-corrected chi connectivity index (χ2v) is 4.30. The van der Waals surface area contributed by atoms with E-state index in [0.717, 1.165) is 19.2 Å². The quantitative estimate of drug-likeness (QED) is 0.595. The third kappa shape index (κ3) is 2.66. The maximum absolute atomic E-state index is 12.7. The summed E-state index contributed by atoms with van der Waals surface area (Å²) in [5.74, 6) is -0.767. The van der Waals surface area contributed by atoms with Crippen LogP contribution in [0.25, 0.3) is 0 Å². The third-order valence-electron chi connectivity index (χ3n) is 1.61. The minimum atomic E-state index is -4.94. The number of carbonyl (C=O) groups excluding carboxylic acids is 1. The molecule has 0 aromatic heterocycles. The van der Waals surface area contributed by atoms with Crippen molar-refractivity contribution in [2.24, 2.45) is 0 Å². The second-order valence-electron chi connectivity index (χ2n) is 2.57. The summed E-state index contributed by atoms with van der Waals surface area (Å²) in [5.41, 5.74) is -0.0851. The Hall–Kier alpha value is -1.14. The predicted molar refractivity (Wildman–Crippen MR) is 51.1 cm³/mol. The fourth-order valence-electron chi connectivity index (χ4n) is 0.935. The summed E-state index contributed by atoms with van der Waals surface area (Å²) < 4.78 is 38.2. The summed E-state index contributed by atoms with van der Waals surface area (Å²) in [6.45, 7) is 0. The van der Waals surface area contributed by atoms with Gasteiger partial charge in [0.1, 0.15) is 4.90 Å². The fourth-order valence-corrected chi connectivity index (χ4v) is 1.90. The summed E-state index contributed by atoms with van der Waals surface area (Å²) in [7, 11) is -3.81. The van der Waals surface area contributed by atoms with Crippen molar-refractivity contribution >= 4 is 27.8 Å². The molecule has 15 heavy (non-hydrogen) atoms. The number of rotatable bonds is 2. The topological polar surface area (TPSA) is 60.4 Å². The Balaban J connectivity index is 3.36. The highest BCUT2D eigenvalue weighted by molar-refractivity contribution is 7.86. The molecule has 0 saturated carbocycles. The molecule has 0 heterocycles. The Morgan fingerprint density at radius 2 is 2.07 bits per heavy atom. The van der Waals surface area contributed by atoms with Crippen LogP contribution in [0.4, 0.5) is 3.89 Å². The lowest BCUT2D eigenvalue weighted by molar-refractivity contribution is 0.0600. The van der Waals surface area contributed by atoms with E-state index in [0.29, 0.717) is 0 Å². The highest BCUT2D eigenvalue weighted by atomic mass is 35.5. The smallest absolute Gasteiger partial charge is 0.337 e. The van der Waals surface area contributed by atoms with Gasteiger partial charge in [0, 0.05) is 0 Å². The number of hydrogen-bond donors (Lipinski definition) is 0. The van der Waals surface area contributed by atoms with Gasteiger partial charge in [-0.3, -0.25) is 0 Å². The Labute approximate surface area is 90.8 Å². The van der Waals surface area contributed by atoms with Crippen LogP contribution in [0.3, 0.4) is 0 Å². The van der Waals surface area contributed by atoms with Crippen LogP contribution in [0, 0.1) is 0 Å². The lowest BCUT2D eigenvalue weighted by Gasteiger charge is -2.02. The maximum Gasteiger partial charge on any atom is 0.337 e. The Morgan fingerprint density at radius 3 is 2.53 bits per heavy atom. The van der Waals surface area contributed by atoms with Crippen LogP contribution in [0.15, 0.2) is 23.1 Å². The van der Waals surface area contributed by atoms with E-state index in [1.165, 1.54) is 6.07 Å². The van der Waals surface area contributed by atoms with Crippen LogP contribution in [-0.4, -0.2) is 21.5 Å². The molecular formula is C8H6ClFO4S. The predicted octanol–water partition coefficient (Wildman–Crippen LogP) is 1.78. The summed E-state index contributed by atoms with van der Waals surface area (Å²) in [6.07, 6.45) is 0. The van der Waals surface area contributed by atoms with Gasteiger partial charge in [0.05, 0.1) is 17.7 Å². The molecule has 0 atom stereocenters. The first kappa shape index (κ1) is 11.9. The van der Waals surface area contributed by atoms with Crippen molar-refractivity contribution in [3.8, 4) is 0 Å². The van der Waals surface area contributed by atoms with Crippen LogP contribution in [-0.2, 0) is 15.0 Å². The molecule has 0 aliphatic heterocycles. The molecule has 0 amide bonds. The number of esters is 1. The average molecular weight is 253 g/mol. The summed E-state index contributed by atoms with van der Waals surface area (Å²) >= 11 is 5.46. The standard InChI is InChI=1S/C8H6ClFO4S/c1-14-8(11)5-2-3-6(9)7(4-5)15(10,12)13/h2-4H,1H3. The number of hydrogen-bond acceptors (Lipinski definition) is 4. The molecule has 0 bridgehead atoms. The second kappa shape index (κ2) is 4.16. The fraction of sp³-hybridized carbons (Fsp3) is 0.125. The number of halogens is 2. The lowest BCUT2D eigenvalue weighted by atomic mass is 10.2. The van der Waals surface area contributed by atoms with Crippen molar-refractivity contribution in [3.63, 3.8) is 0 Å². The Kier molecular flexibility index (Phi) is 3.31. The van der Waals surface area contributed by atoms with E-state index < -0.39 is 21.1 Å². The monoisotopic (exact) mass is 252 g/mol. The van der Waals surface area contributed by atoms with Gasteiger partial charge in [0.2, 0.25) is 0 Å². The zero-order chi connectivity index (χ0) is 11.6. The molecule has 0 spiro atoms. The summed E-state index contributed by atoms with van der Waals surface area (Å²) in [5, 5.41) is -0.287. The SMILES string of the molecule is COC(=O)c1ccc(Cl)c(S(=O)(=O)F)c1. The molecule has 1 aromatic rings. The van der Waals surface area contributed by atoms with Gasteiger partial charge < -0.3 is 4.74 Å². The first-order valence-corrected chi connectivity index (χ1v) is 5.45. The number of methoxy groups -OCH3 is 1. The normalized spacial score (nSPS) is 11.1. The molecule has 0 fully saturated rings. The largest absolute Gasteiger partial charge is 0.465 e. The van der Waals surface area contributed by atoms with E-state index in [1.54, 1.807) is 0 Å². The van der Waals surface area contributed by atoms with E-state index in [-0.39, 0.29) is 10.6 Å².